The molecule has 0 N–H and O–H groups in total. The molecule has 0 spiro atoms. The third-order valence-electron chi connectivity index (χ3n) is 5.30. The summed E-state index contributed by atoms with van der Waals surface area (Å²) in [5.41, 5.74) is 0.300. The van der Waals surface area contributed by atoms with Crippen LogP contribution in [-0.2, 0) is 14.4 Å². The summed E-state index contributed by atoms with van der Waals surface area (Å²) in [5.74, 6) is 0.177. The molecule has 0 heterocycles. The zero-order chi connectivity index (χ0) is 16.9. The summed E-state index contributed by atoms with van der Waals surface area (Å²) in [5, 5.41) is 0. The lowest BCUT2D eigenvalue weighted by Gasteiger charge is -2.35. The number of Topliss-reactive ketones (excluding diaryl/α,β-unsaturated/α-hetero) is 3. The molecule has 4 heteroatoms. The topological polar surface area (TPSA) is 51.2 Å². The highest BCUT2D eigenvalue weighted by Crippen LogP contribution is 2.43. The van der Waals surface area contributed by atoms with Gasteiger partial charge in [0.1, 0.15) is 17.3 Å². The normalized spacial score (nSPS) is 25.8. The zero-order valence-corrected chi connectivity index (χ0v) is 15.7. The lowest BCUT2D eigenvalue weighted by molar-refractivity contribution is -0.144. The van der Waals surface area contributed by atoms with Crippen LogP contribution in [0.15, 0.2) is 10.1 Å². The van der Waals surface area contributed by atoms with Crippen molar-refractivity contribution in [3.8, 4) is 0 Å². The molecule has 0 amide bonds. The largest absolute Gasteiger partial charge is 0.300 e. The van der Waals surface area contributed by atoms with E-state index in [1.165, 1.54) is 29.8 Å². The van der Waals surface area contributed by atoms with Crippen LogP contribution in [0.4, 0.5) is 0 Å². The van der Waals surface area contributed by atoms with Gasteiger partial charge in [0.25, 0.3) is 0 Å². The van der Waals surface area contributed by atoms with E-state index in [0.717, 1.165) is 25.7 Å². The maximum Gasteiger partial charge on any atom is 0.146 e. The Hall–Kier alpha value is -0.770. The first-order chi connectivity index (χ1) is 11.0. The Morgan fingerprint density at radius 1 is 0.957 bits per heavy atom. The van der Waals surface area contributed by atoms with Crippen molar-refractivity contribution in [3.63, 3.8) is 0 Å². The molecule has 0 aromatic carbocycles. The Morgan fingerprint density at radius 2 is 1.57 bits per heavy atom. The van der Waals surface area contributed by atoms with Crippen molar-refractivity contribution in [2.45, 2.75) is 84.0 Å². The Labute approximate surface area is 147 Å². The first-order valence-corrected chi connectivity index (χ1v) is 9.67. The molecule has 1 fully saturated rings. The van der Waals surface area contributed by atoms with Gasteiger partial charge >= 0.3 is 0 Å². The summed E-state index contributed by atoms with van der Waals surface area (Å²) in [4.78, 5) is 36.9. The number of hydrogen-bond acceptors (Lipinski definition) is 3. The first kappa shape index (κ1) is 18.6. The molecule has 0 aromatic heterocycles. The van der Waals surface area contributed by atoms with E-state index in [-0.39, 0.29) is 17.3 Å². The van der Waals surface area contributed by atoms with Gasteiger partial charge in [-0.1, -0.05) is 34.3 Å². The highest BCUT2D eigenvalue weighted by atomic mass is 79.9. The van der Waals surface area contributed by atoms with Crippen molar-refractivity contribution in [1.82, 2.24) is 0 Å². The quantitative estimate of drug-likeness (QED) is 0.624. The molecule has 128 valence electrons. The third-order valence-corrected chi connectivity index (χ3v) is 6.26. The van der Waals surface area contributed by atoms with Crippen LogP contribution in [-0.4, -0.2) is 17.3 Å². The van der Waals surface area contributed by atoms with Crippen LogP contribution in [0, 0.1) is 5.41 Å². The fourth-order valence-corrected chi connectivity index (χ4v) is 4.45. The summed E-state index contributed by atoms with van der Waals surface area (Å²) in [7, 11) is 0. The van der Waals surface area contributed by atoms with Crippen molar-refractivity contribution in [1.29, 1.82) is 0 Å². The lowest BCUT2D eigenvalue weighted by atomic mass is 9.65. The van der Waals surface area contributed by atoms with Gasteiger partial charge in [0.05, 0.1) is 5.41 Å². The van der Waals surface area contributed by atoms with E-state index >= 15 is 0 Å². The van der Waals surface area contributed by atoms with Gasteiger partial charge in [0, 0.05) is 19.3 Å². The van der Waals surface area contributed by atoms with Crippen molar-refractivity contribution >= 4 is 33.3 Å². The van der Waals surface area contributed by atoms with E-state index < -0.39 is 5.41 Å². The summed E-state index contributed by atoms with van der Waals surface area (Å²) in [6.07, 6.45) is 9.57. The van der Waals surface area contributed by atoms with E-state index in [9.17, 15) is 14.4 Å². The third kappa shape index (κ3) is 4.62. The van der Waals surface area contributed by atoms with Gasteiger partial charge in [0.15, 0.2) is 0 Å². The first-order valence-electron chi connectivity index (χ1n) is 8.88. The van der Waals surface area contributed by atoms with Crippen LogP contribution in [0.5, 0.6) is 0 Å². The minimum absolute atomic E-state index is 0.0567. The number of carbonyl (C=O) groups is 3. The average Bonchev–Trinajstić information content (AvgIpc) is 2.49. The monoisotopic (exact) mass is 382 g/mol. The zero-order valence-electron chi connectivity index (χ0n) is 14.1. The summed E-state index contributed by atoms with van der Waals surface area (Å²) >= 11 is 3.70. The molecular formula is C19H27BrO3. The van der Waals surface area contributed by atoms with Crippen LogP contribution in [0.2, 0.25) is 0 Å². The second-order valence-electron chi connectivity index (χ2n) is 7.08. The van der Waals surface area contributed by atoms with E-state index in [1.807, 2.05) is 0 Å². The van der Waals surface area contributed by atoms with E-state index in [4.69, 9.17) is 0 Å². The molecular weight excluding hydrogens is 356 g/mol. The molecule has 0 radical (unpaired) electrons. The van der Waals surface area contributed by atoms with Crippen LogP contribution >= 0.6 is 15.9 Å². The summed E-state index contributed by atoms with van der Waals surface area (Å²) < 4.78 is 1.19. The second kappa shape index (κ2) is 8.36. The molecule has 0 saturated heterocycles. The highest BCUT2D eigenvalue weighted by Gasteiger charge is 2.46. The van der Waals surface area contributed by atoms with Crippen molar-refractivity contribution in [2.75, 3.05) is 0 Å². The van der Waals surface area contributed by atoms with Gasteiger partial charge in [-0.25, -0.2) is 0 Å². The van der Waals surface area contributed by atoms with Crippen molar-refractivity contribution in [2.24, 2.45) is 5.41 Å². The second-order valence-corrected chi connectivity index (χ2v) is 8.04. The Bertz CT molecular complexity index is 503. The van der Waals surface area contributed by atoms with Gasteiger partial charge in [-0.3, -0.25) is 9.59 Å². The average molecular weight is 383 g/mol. The minimum atomic E-state index is -0.933. The molecule has 1 saturated carbocycles. The van der Waals surface area contributed by atoms with E-state index in [2.05, 4.69) is 15.9 Å². The fraction of sp³-hybridized carbons (Fsp3) is 0.737. The number of hydrogen-bond donors (Lipinski definition) is 0. The van der Waals surface area contributed by atoms with Crippen LogP contribution in [0.25, 0.3) is 0 Å². The lowest BCUT2D eigenvalue weighted by Crippen LogP contribution is -2.43. The molecule has 23 heavy (non-hydrogen) atoms. The predicted molar refractivity (Wildman–Crippen MR) is 94.5 cm³/mol. The number of ketones is 3. The van der Waals surface area contributed by atoms with E-state index in [0.29, 0.717) is 38.5 Å². The molecule has 0 aliphatic heterocycles. The Morgan fingerprint density at radius 3 is 2.17 bits per heavy atom. The standard InChI is InChI=1S/C19H27BrO3/c1-14(21)11-12-19(17(22)9-6-10-18(19)23)13-15-7-4-2-3-5-8-16(15)20/h2-13H2,1H3/b16-15-. The fourth-order valence-electron chi connectivity index (χ4n) is 3.83. The maximum atomic E-state index is 12.7. The molecule has 0 unspecified atom stereocenters. The molecule has 2 rings (SSSR count). The highest BCUT2D eigenvalue weighted by molar-refractivity contribution is 9.11. The summed E-state index contributed by atoms with van der Waals surface area (Å²) in [6.45, 7) is 1.54. The van der Waals surface area contributed by atoms with Gasteiger partial charge in [0.2, 0.25) is 0 Å². The Kier molecular flexibility index (Phi) is 6.75. The van der Waals surface area contributed by atoms with Crippen molar-refractivity contribution < 1.29 is 14.4 Å². The van der Waals surface area contributed by atoms with Gasteiger partial charge < -0.3 is 4.79 Å². The molecule has 2 aliphatic rings. The predicted octanol–water partition coefficient (Wildman–Crippen LogP) is 5.06. The molecule has 0 bridgehead atoms. The van der Waals surface area contributed by atoms with Crippen molar-refractivity contribution in [3.05, 3.63) is 10.1 Å². The van der Waals surface area contributed by atoms with Crippen LogP contribution < -0.4 is 0 Å². The number of halogens is 1. The maximum absolute atomic E-state index is 12.7. The summed E-state index contributed by atoms with van der Waals surface area (Å²) in [6, 6.07) is 0. The smallest absolute Gasteiger partial charge is 0.146 e. The molecule has 0 atom stereocenters. The Balaban J connectivity index is 2.29. The number of carbonyl (C=O) groups excluding carboxylic acids is 3. The molecule has 0 aromatic rings. The SMILES string of the molecule is CC(=O)CCC1(C/C2=C(\Br)CCCCCC2)C(=O)CCCC1=O. The minimum Gasteiger partial charge on any atom is -0.300 e. The van der Waals surface area contributed by atoms with Gasteiger partial charge in [-0.05, 0) is 56.4 Å². The molecule has 2 aliphatic carbocycles. The number of rotatable bonds is 5. The van der Waals surface area contributed by atoms with E-state index in [1.54, 1.807) is 0 Å². The van der Waals surface area contributed by atoms with Gasteiger partial charge in [-0.15, -0.1) is 0 Å². The van der Waals surface area contributed by atoms with Crippen LogP contribution in [0.3, 0.4) is 0 Å². The van der Waals surface area contributed by atoms with Crippen LogP contribution in [0.1, 0.15) is 84.0 Å². The van der Waals surface area contributed by atoms with Gasteiger partial charge in [-0.2, -0.15) is 0 Å². The molecule has 3 nitrogen and oxygen atoms in total. The number of allylic oxidation sites excluding steroid dienone is 2.